The monoisotopic (exact) mass is 351 g/mol. The molecule has 0 spiro atoms. The third-order valence-electron chi connectivity index (χ3n) is 4.73. The van der Waals surface area contributed by atoms with Crippen LogP contribution in [0.3, 0.4) is 0 Å². The molecule has 0 N–H and O–H groups in total. The Kier molecular flexibility index (Phi) is 4.24. The van der Waals surface area contributed by atoms with Crippen molar-refractivity contribution in [3.8, 4) is 11.5 Å². The minimum atomic E-state index is 0.0302. The summed E-state index contributed by atoms with van der Waals surface area (Å²) < 4.78 is 10.7. The fourth-order valence-corrected chi connectivity index (χ4v) is 3.48. The molecule has 2 aliphatic heterocycles. The van der Waals surface area contributed by atoms with Crippen molar-refractivity contribution in [2.75, 3.05) is 32.2 Å². The molecule has 6 heteroatoms. The number of rotatable bonds is 4. The van der Waals surface area contributed by atoms with E-state index in [-0.39, 0.29) is 5.91 Å². The van der Waals surface area contributed by atoms with Crippen molar-refractivity contribution in [1.29, 1.82) is 0 Å². The molecule has 6 nitrogen and oxygen atoms in total. The third-order valence-corrected chi connectivity index (χ3v) is 4.73. The van der Waals surface area contributed by atoms with Crippen molar-refractivity contribution >= 4 is 17.6 Å². The summed E-state index contributed by atoms with van der Waals surface area (Å²) in [5.41, 5.74) is 2.66. The average Bonchev–Trinajstić information content (AvgIpc) is 2.71. The number of carbonyl (C=O) groups is 1. The quantitative estimate of drug-likeness (QED) is 0.850. The van der Waals surface area contributed by atoms with Crippen LogP contribution in [0.5, 0.6) is 11.5 Å². The van der Waals surface area contributed by atoms with E-state index in [4.69, 9.17) is 9.47 Å². The number of nitrogens with zero attached hydrogens (tertiary/aromatic N) is 3. The molecule has 2 aliphatic rings. The number of hydrogen-bond acceptors (Lipinski definition) is 5. The van der Waals surface area contributed by atoms with E-state index >= 15 is 0 Å². The molecule has 0 saturated heterocycles. The van der Waals surface area contributed by atoms with Gasteiger partial charge in [-0.1, -0.05) is 18.2 Å². The molecule has 26 heavy (non-hydrogen) atoms. The minimum Gasteiger partial charge on any atom is -0.493 e. The lowest BCUT2D eigenvalue weighted by atomic mass is 10.1. The second kappa shape index (κ2) is 6.71. The van der Waals surface area contributed by atoms with Crippen molar-refractivity contribution in [2.45, 2.75) is 13.0 Å². The maximum Gasteiger partial charge on any atom is 0.262 e. The van der Waals surface area contributed by atoms with Crippen LogP contribution in [0.2, 0.25) is 0 Å². The molecule has 0 radical (unpaired) electrons. The van der Waals surface area contributed by atoms with Crippen molar-refractivity contribution in [3.63, 3.8) is 0 Å². The largest absolute Gasteiger partial charge is 0.493 e. The average molecular weight is 351 g/mol. The molecule has 2 aromatic rings. The lowest BCUT2D eigenvalue weighted by molar-refractivity contribution is 0.0833. The zero-order chi connectivity index (χ0) is 18.1. The molecule has 0 aliphatic carbocycles. The van der Waals surface area contributed by atoms with Gasteiger partial charge in [0.1, 0.15) is 0 Å². The molecule has 0 saturated carbocycles. The fourth-order valence-electron chi connectivity index (χ4n) is 3.48. The zero-order valence-electron chi connectivity index (χ0n) is 14.9. The molecule has 2 aromatic carbocycles. The van der Waals surface area contributed by atoms with E-state index < -0.39 is 0 Å². The Labute approximate surface area is 152 Å². The van der Waals surface area contributed by atoms with Crippen molar-refractivity contribution in [3.05, 3.63) is 53.6 Å². The molecule has 0 unspecified atom stereocenters. The second-order valence-corrected chi connectivity index (χ2v) is 6.28. The van der Waals surface area contributed by atoms with Gasteiger partial charge in [-0.2, -0.15) is 0 Å². The van der Waals surface area contributed by atoms with Gasteiger partial charge in [-0.3, -0.25) is 14.7 Å². The second-order valence-electron chi connectivity index (χ2n) is 6.28. The first-order valence-electron chi connectivity index (χ1n) is 8.66. The van der Waals surface area contributed by atoms with Crippen LogP contribution in [0.4, 0.5) is 5.69 Å². The van der Waals surface area contributed by atoms with Crippen LogP contribution in [0.25, 0.3) is 0 Å². The summed E-state index contributed by atoms with van der Waals surface area (Å²) in [5, 5.41) is 0. The predicted molar refractivity (Wildman–Crippen MR) is 100 cm³/mol. The molecular weight excluding hydrogens is 330 g/mol. The molecule has 2 heterocycles. The van der Waals surface area contributed by atoms with Crippen LogP contribution in [-0.4, -0.2) is 44.1 Å². The summed E-state index contributed by atoms with van der Waals surface area (Å²) in [5.74, 6) is 2.15. The van der Waals surface area contributed by atoms with E-state index in [2.05, 4.69) is 9.89 Å². The van der Waals surface area contributed by atoms with Crippen LogP contribution >= 0.6 is 0 Å². The standard InChI is InChI=1S/C20H21N3O3/c1-25-17-9-8-14(12-18(17)26-2)13-23-16-7-4-3-6-15(16)19(24)22-11-5-10-21-20(22)23/h3-4,6-9,12H,5,10-11,13H2,1-2H3. The normalized spacial score (nSPS) is 15.9. The number of anilines is 1. The third kappa shape index (κ3) is 2.67. The van der Waals surface area contributed by atoms with Gasteiger partial charge in [0.05, 0.1) is 32.0 Å². The van der Waals surface area contributed by atoms with Crippen molar-refractivity contribution in [2.24, 2.45) is 4.99 Å². The number of guanidine groups is 1. The Morgan fingerprint density at radius 3 is 2.69 bits per heavy atom. The lowest BCUT2D eigenvalue weighted by Crippen LogP contribution is -2.53. The van der Waals surface area contributed by atoms with E-state index in [0.717, 1.165) is 30.2 Å². The van der Waals surface area contributed by atoms with E-state index in [9.17, 15) is 4.79 Å². The van der Waals surface area contributed by atoms with Crippen LogP contribution in [0.15, 0.2) is 47.5 Å². The molecule has 134 valence electrons. The Morgan fingerprint density at radius 2 is 1.88 bits per heavy atom. The summed E-state index contributed by atoms with van der Waals surface area (Å²) in [6.45, 7) is 2.04. The van der Waals surface area contributed by atoms with Gasteiger partial charge in [0.25, 0.3) is 5.91 Å². The number of amides is 1. The van der Waals surface area contributed by atoms with Gasteiger partial charge in [-0.05, 0) is 36.2 Å². The molecule has 1 amide bonds. The highest BCUT2D eigenvalue weighted by molar-refractivity contribution is 6.18. The predicted octanol–water partition coefficient (Wildman–Crippen LogP) is 2.93. The number of hydrogen-bond donors (Lipinski definition) is 0. The number of carbonyl (C=O) groups excluding carboxylic acids is 1. The van der Waals surface area contributed by atoms with Crippen LogP contribution in [0, 0.1) is 0 Å². The minimum absolute atomic E-state index is 0.0302. The number of ether oxygens (including phenoxy) is 2. The molecular formula is C20H21N3O3. The Hall–Kier alpha value is -3.02. The molecule has 0 fully saturated rings. The summed E-state index contributed by atoms with van der Waals surface area (Å²) in [6.07, 6.45) is 0.890. The number of benzene rings is 2. The lowest BCUT2D eigenvalue weighted by Gasteiger charge is -2.40. The highest BCUT2D eigenvalue weighted by Crippen LogP contribution is 2.33. The summed E-state index contributed by atoms with van der Waals surface area (Å²) in [7, 11) is 3.25. The number of methoxy groups -OCH3 is 2. The van der Waals surface area contributed by atoms with Gasteiger partial charge < -0.3 is 14.4 Å². The van der Waals surface area contributed by atoms with Crippen LogP contribution in [0.1, 0.15) is 22.3 Å². The highest BCUT2D eigenvalue weighted by atomic mass is 16.5. The summed E-state index contributed by atoms with van der Waals surface area (Å²) in [4.78, 5) is 21.4. The Balaban J connectivity index is 1.75. The molecule has 0 bridgehead atoms. The van der Waals surface area contributed by atoms with E-state index in [0.29, 0.717) is 30.2 Å². The van der Waals surface area contributed by atoms with E-state index in [1.54, 1.807) is 19.1 Å². The van der Waals surface area contributed by atoms with E-state index in [1.165, 1.54) is 0 Å². The fraction of sp³-hybridized carbons (Fsp3) is 0.300. The van der Waals surface area contributed by atoms with Crippen molar-refractivity contribution < 1.29 is 14.3 Å². The highest BCUT2D eigenvalue weighted by Gasteiger charge is 2.35. The van der Waals surface area contributed by atoms with Gasteiger partial charge in [0.2, 0.25) is 5.96 Å². The first kappa shape index (κ1) is 16.4. The number of aliphatic imine (C=N–C) groups is 1. The van der Waals surface area contributed by atoms with Crippen LogP contribution in [-0.2, 0) is 6.54 Å². The topological polar surface area (TPSA) is 54.4 Å². The maximum atomic E-state index is 12.8. The van der Waals surface area contributed by atoms with Gasteiger partial charge in [-0.15, -0.1) is 0 Å². The first-order chi connectivity index (χ1) is 12.7. The maximum absolute atomic E-state index is 12.8. The molecule has 0 atom stereocenters. The van der Waals surface area contributed by atoms with Gasteiger partial charge >= 0.3 is 0 Å². The Bertz CT molecular complexity index is 878. The van der Waals surface area contributed by atoms with Gasteiger partial charge in [-0.25, -0.2) is 0 Å². The first-order valence-corrected chi connectivity index (χ1v) is 8.66. The molecule has 4 rings (SSSR count). The van der Waals surface area contributed by atoms with Gasteiger partial charge in [0, 0.05) is 13.1 Å². The summed E-state index contributed by atoms with van der Waals surface area (Å²) in [6, 6.07) is 13.6. The number of fused-ring (bicyclic) bond motifs is 2. The molecule has 0 aromatic heterocycles. The Morgan fingerprint density at radius 1 is 1.08 bits per heavy atom. The SMILES string of the molecule is COc1ccc(CN2C3=NCCCN3C(=O)c3ccccc32)cc1OC. The van der Waals surface area contributed by atoms with Crippen LogP contribution < -0.4 is 14.4 Å². The summed E-state index contributed by atoms with van der Waals surface area (Å²) >= 11 is 0. The zero-order valence-corrected chi connectivity index (χ0v) is 14.9. The smallest absolute Gasteiger partial charge is 0.262 e. The van der Waals surface area contributed by atoms with Crippen molar-refractivity contribution in [1.82, 2.24) is 4.90 Å². The number of para-hydroxylation sites is 1. The van der Waals surface area contributed by atoms with E-state index in [1.807, 2.05) is 42.5 Å². The van der Waals surface area contributed by atoms with Gasteiger partial charge in [0.15, 0.2) is 11.5 Å².